The molecule has 0 saturated carbocycles. The number of fused-ring (bicyclic) bond motifs is 1. The number of benzene rings is 3. The second-order valence-electron chi connectivity index (χ2n) is 5.94. The van der Waals surface area contributed by atoms with Crippen LogP contribution in [0.3, 0.4) is 0 Å². The minimum atomic E-state index is -0.0613. The molecule has 0 radical (unpaired) electrons. The Balaban J connectivity index is 1.44. The molecule has 4 rings (SSSR count). The molecule has 3 aromatic carbocycles. The van der Waals surface area contributed by atoms with Crippen molar-refractivity contribution in [3.05, 3.63) is 85.2 Å². The highest BCUT2D eigenvalue weighted by Gasteiger charge is 2.10. The number of carbonyl (C=O) groups excluding carboxylic acids is 1. The van der Waals surface area contributed by atoms with Crippen molar-refractivity contribution in [2.24, 2.45) is 0 Å². The largest absolute Gasteiger partial charge is 0.324 e. The second kappa shape index (κ2) is 8.91. The van der Waals surface area contributed by atoms with Gasteiger partial charge in [0.1, 0.15) is 11.4 Å². The van der Waals surface area contributed by atoms with Crippen molar-refractivity contribution in [2.75, 3.05) is 11.1 Å². The van der Waals surface area contributed by atoms with Crippen LogP contribution in [0.4, 0.5) is 5.69 Å². The van der Waals surface area contributed by atoms with E-state index in [0.29, 0.717) is 0 Å². The predicted molar refractivity (Wildman–Crippen MR) is 116 cm³/mol. The molecule has 6 heteroatoms. The first-order valence-corrected chi connectivity index (χ1v) is 10.5. The molecule has 1 aromatic heterocycles. The van der Waals surface area contributed by atoms with Crippen molar-refractivity contribution in [3.63, 3.8) is 0 Å². The van der Waals surface area contributed by atoms with E-state index in [1.165, 1.54) is 18.1 Å². The molecule has 0 aliphatic rings. The van der Waals surface area contributed by atoms with Crippen LogP contribution < -0.4 is 5.32 Å². The Morgan fingerprint density at radius 1 is 0.857 bits per heavy atom. The van der Waals surface area contributed by atoms with Crippen molar-refractivity contribution in [1.82, 2.24) is 9.97 Å². The second-order valence-corrected chi connectivity index (χ2v) is 8.02. The number of hydrogen-bond donors (Lipinski definition) is 1. The van der Waals surface area contributed by atoms with E-state index in [-0.39, 0.29) is 11.7 Å². The summed E-state index contributed by atoms with van der Waals surface area (Å²) in [7, 11) is 0. The van der Waals surface area contributed by atoms with Crippen LogP contribution in [-0.2, 0) is 4.79 Å². The van der Waals surface area contributed by atoms with Crippen LogP contribution in [0.1, 0.15) is 0 Å². The number of hydrogen-bond acceptors (Lipinski definition) is 5. The van der Waals surface area contributed by atoms with Gasteiger partial charge in [0.05, 0.1) is 17.0 Å². The number of thioether (sulfide) groups is 1. The summed E-state index contributed by atoms with van der Waals surface area (Å²) >= 11 is 3.05. The third kappa shape index (κ3) is 4.52. The van der Waals surface area contributed by atoms with Gasteiger partial charge >= 0.3 is 0 Å². The van der Waals surface area contributed by atoms with Gasteiger partial charge in [0.2, 0.25) is 5.91 Å². The summed E-state index contributed by atoms with van der Waals surface area (Å²) < 4.78 is 0. The Labute approximate surface area is 171 Å². The van der Waals surface area contributed by atoms with Crippen molar-refractivity contribution >= 4 is 46.0 Å². The van der Waals surface area contributed by atoms with Gasteiger partial charge in [-0.3, -0.25) is 4.79 Å². The van der Waals surface area contributed by atoms with Gasteiger partial charge in [-0.15, -0.1) is 0 Å². The fourth-order valence-corrected chi connectivity index (χ4v) is 4.40. The Kier molecular flexibility index (Phi) is 5.89. The Hall–Kier alpha value is -2.83. The molecule has 0 aliphatic heterocycles. The normalized spacial score (nSPS) is 10.7. The van der Waals surface area contributed by atoms with Crippen LogP contribution in [-0.4, -0.2) is 21.6 Å². The third-order valence-corrected chi connectivity index (χ3v) is 6.07. The number of aromatic nitrogens is 2. The van der Waals surface area contributed by atoms with Crippen molar-refractivity contribution < 1.29 is 4.79 Å². The van der Waals surface area contributed by atoms with E-state index in [9.17, 15) is 4.79 Å². The van der Waals surface area contributed by atoms with E-state index >= 15 is 0 Å². The molecule has 28 heavy (non-hydrogen) atoms. The molecule has 4 nitrogen and oxygen atoms in total. The number of para-hydroxylation sites is 2. The number of nitrogens with zero attached hydrogens (tertiary/aromatic N) is 2. The minimum absolute atomic E-state index is 0.0613. The summed E-state index contributed by atoms with van der Waals surface area (Å²) in [4.78, 5) is 23.3. The number of amides is 1. The zero-order valence-corrected chi connectivity index (χ0v) is 16.5. The maximum absolute atomic E-state index is 12.5. The van der Waals surface area contributed by atoms with Gasteiger partial charge in [0.15, 0.2) is 0 Å². The van der Waals surface area contributed by atoms with Gasteiger partial charge in [-0.2, -0.15) is 0 Å². The molecule has 1 amide bonds. The van der Waals surface area contributed by atoms with Gasteiger partial charge in [-0.25, -0.2) is 9.97 Å². The summed E-state index contributed by atoms with van der Waals surface area (Å²) in [5, 5.41) is 4.80. The quantitative estimate of drug-likeness (QED) is 0.340. The van der Waals surface area contributed by atoms with Gasteiger partial charge in [0, 0.05) is 15.2 Å². The minimum Gasteiger partial charge on any atom is -0.324 e. The van der Waals surface area contributed by atoms with E-state index < -0.39 is 0 Å². The highest BCUT2D eigenvalue weighted by Crippen LogP contribution is 2.33. The molecular weight excluding hydrogens is 386 g/mol. The van der Waals surface area contributed by atoms with Crippen LogP contribution in [0, 0.1) is 0 Å². The molecule has 0 atom stereocenters. The molecule has 1 N–H and O–H groups in total. The number of nitrogens with one attached hydrogen (secondary N) is 1. The lowest BCUT2D eigenvalue weighted by atomic mass is 10.2. The smallest absolute Gasteiger partial charge is 0.234 e. The van der Waals surface area contributed by atoms with E-state index in [2.05, 4.69) is 27.4 Å². The molecular formula is C22H17N3OS2. The topological polar surface area (TPSA) is 54.9 Å². The van der Waals surface area contributed by atoms with E-state index in [1.54, 1.807) is 11.8 Å². The first-order chi connectivity index (χ1) is 13.8. The number of anilines is 1. The molecule has 0 unspecified atom stereocenters. The fourth-order valence-electron chi connectivity index (χ4n) is 2.69. The Bertz CT molecular complexity index is 1100. The maximum Gasteiger partial charge on any atom is 0.234 e. The van der Waals surface area contributed by atoms with Crippen LogP contribution in [0.5, 0.6) is 0 Å². The monoisotopic (exact) mass is 403 g/mol. The first-order valence-electron chi connectivity index (χ1n) is 8.74. The summed E-state index contributed by atoms with van der Waals surface area (Å²) in [6, 6.07) is 25.8. The standard InChI is InChI=1S/C22H17N3OS2/c26-21(14-27-22-17-10-4-5-11-18(17)23-15-24-22)25-19-12-6-7-13-20(19)28-16-8-2-1-3-9-16/h1-13,15H,14H2,(H,25,26). The molecule has 0 bridgehead atoms. The van der Waals surface area contributed by atoms with Crippen LogP contribution in [0.15, 0.2) is 100 Å². The lowest BCUT2D eigenvalue weighted by molar-refractivity contribution is -0.113. The van der Waals surface area contributed by atoms with Gasteiger partial charge in [0.25, 0.3) is 0 Å². The molecule has 0 spiro atoms. The van der Waals surface area contributed by atoms with E-state index in [1.807, 2.05) is 66.7 Å². The lowest BCUT2D eigenvalue weighted by Gasteiger charge is -2.11. The molecule has 4 aromatic rings. The van der Waals surface area contributed by atoms with Crippen molar-refractivity contribution in [2.45, 2.75) is 14.8 Å². The Morgan fingerprint density at radius 3 is 2.50 bits per heavy atom. The highest BCUT2D eigenvalue weighted by molar-refractivity contribution is 8.00. The summed E-state index contributed by atoms with van der Waals surface area (Å²) in [6.07, 6.45) is 1.54. The van der Waals surface area contributed by atoms with Crippen LogP contribution in [0.25, 0.3) is 10.9 Å². The van der Waals surface area contributed by atoms with Gasteiger partial charge in [-0.05, 0) is 30.3 Å². The van der Waals surface area contributed by atoms with Gasteiger partial charge in [-0.1, -0.05) is 72.1 Å². The maximum atomic E-state index is 12.5. The first kappa shape index (κ1) is 18.5. The summed E-state index contributed by atoms with van der Waals surface area (Å²) in [6.45, 7) is 0. The summed E-state index contributed by atoms with van der Waals surface area (Å²) in [5.74, 6) is 0.222. The van der Waals surface area contributed by atoms with E-state index in [0.717, 1.165) is 31.4 Å². The summed E-state index contributed by atoms with van der Waals surface area (Å²) in [5.41, 5.74) is 1.69. The van der Waals surface area contributed by atoms with E-state index in [4.69, 9.17) is 0 Å². The van der Waals surface area contributed by atoms with Crippen LogP contribution in [0.2, 0.25) is 0 Å². The van der Waals surface area contributed by atoms with Gasteiger partial charge < -0.3 is 5.32 Å². The predicted octanol–water partition coefficient (Wildman–Crippen LogP) is 5.51. The SMILES string of the molecule is O=C(CSc1ncnc2ccccc12)Nc1ccccc1Sc1ccccc1. The Morgan fingerprint density at radius 2 is 1.61 bits per heavy atom. The molecule has 0 fully saturated rings. The number of carbonyl (C=O) groups is 1. The highest BCUT2D eigenvalue weighted by atomic mass is 32.2. The van der Waals surface area contributed by atoms with Crippen molar-refractivity contribution in [1.29, 1.82) is 0 Å². The zero-order chi connectivity index (χ0) is 19.2. The molecule has 1 heterocycles. The van der Waals surface area contributed by atoms with Crippen molar-refractivity contribution in [3.8, 4) is 0 Å². The molecule has 0 aliphatic carbocycles. The molecule has 0 saturated heterocycles. The fraction of sp³-hybridized carbons (Fsp3) is 0.0455. The third-order valence-electron chi connectivity index (χ3n) is 3.98. The molecule has 138 valence electrons. The average molecular weight is 404 g/mol. The number of rotatable bonds is 6. The average Bonchev–Trinajstić information content (AvgIpc) is 2.74. The zero-order valence-electron chi connectivity index (χ0n) is 14.9. The van der Waals surface area contributed by atoms with Crippen LogP contribution >= 0.6 is 23.5 Å². The lowest BCUT2D eigenvalue weighted by Crippen LogP contribution is -2.14.